The minimum absolute atomic E-state index is 0.00914. The number of benzene rings is 2. The molecule has 0 aliphatic rings. The fraction of sp³-hybridized carbons (Fsp3) is 0.273. The Bertz CT molecular complexity index is 1030. The molecule has 1 unspecified atom stereocenters. The molecule has 30 heavy (non-hydrogen) atoms. The molecule has 1 N–H and O–H groups in total. The van der Waals surface area contributed by atoms with Crippen molar-refractivity contribution in [3.8, 4) is 0 Å². The average molecular weight is 427 g/mol. The second-order valence-corrected chi connectivity index (χ2v) is 8.58. The maximum Gasteiger partial charge on any atom is 0.280 e. The smallest absolute Gasteiger partial charge is 0.280 e. The Morgan fingerprint density at radius 2 is 1.77 bits per heavy atom. The molecule has 2 aromatic carbocycles. The molecule has 0 spiro atoms. The van der Waals surface area contributed by atoms with Crippen LogP contribution in [0.4, 0.5) is 10.1 Å². The van der Waals surface area contributed by atoms with Crippen molar-refractivity contribution in [2.24, 2.45) is 0 Å². The predicted octanol–water partition coefficient (Wildman–Crippen LogP) is 4.29. The lowest BCUT2D eigenvalue weighted by molar-refractivity contribution is -0.123. The Kier molecular flexibility index (Phi) is 6.26. The average Bonchev–Trinajstić information content (AvgIpc) is 3.21. The number of rotatable bonds is 5. The number of halogens is 1. The standard InChI is InChI=1S/C22H23FN4O2S/c1-14-9-11-15(12-10-14)19(20(28)24-22(2,3)4)27(18-8-6-5-7-16(18)23)21(29)17-13-30-26-25-17/h5-13,19H,1-4H3,(H,24,28). The van der Waals surface area contributed by atoms with E-state index in [1.165, 1.54) is 23.6 Å². The lowest BCUT2D eigenvalue weighted by Gasteiger charge is -2.33. The van der Waals surface area contributed by atoms with E-state index in [-0.39, 0.29) is 11.4 Å². The maximum absolute atomic E-state index is 14.8. The normalized spacial score (nSPS) is 12.3. The Balaban J connectivity index is 2.19. The number of aryl methyl sites for hydroxylation is 1. The minimum Gasteiger partial charge on any atom is -0.349 e. The van der Waals surface area contributed by atoms with E-state index in [0.717, 1.165) is 22.0 Å². The number of hydrogen-bond acceptors (Lipinski definition) is 5. The fourth-order valence-electron chi connectivity index (χ4n) is 3.00. The molecule has 0 saturated carbocycles. The van der Waals surface area contributed by atoms with E-state index in [1.54, 1.807) is 18.2 Å². The summed E-state index contributed by atoms with van der Waals surface area (Å²) >= 11 is 1.01. The Morgan fingerprint density at radius 1 is 1.10 bits per heavy atom. The molecule has 3 aromatic rings. The third kappa shape index (κ3) is 4.88. The molecule has 2 amide bonds. The van der Waals surface area contributed by atoms with Crippen molar-refractivity contribution in [2.75, 3.05) is 4.90 Å². The Morgan fingerprint density at radius 3 is 2.33 bits per heavy atom. The number of nitrogens with one attached hydrogen (secondary N) is 1. The van der Waals surface area contributed by atoms with Gasteiger partial charge in [-0.2, -0.15) is 0 Å². The summed E-state index contributed by atoms with van der Waals surface area (Å²) in [5.74, 6) is -1.65. The minimum atomic E-state index is -1.10. The molecule has 156 valence electrons. The molecule has 3 rings (SSSR count). The summed E-state index contributed by atoms with van der Waals surface area (Å²) in [6.07, 6.45) is 0. The molecular weight excluding hydrogens is 403 g/mol. The Hall–Kier alpha value is -3.13. The second kappa shape index (κ2) is 8.71. The monoisotopic (exact) mass is 426 g/mol. The quantitative estimate of drug-likeness (QED) is 0.660. The number of nitrogens with zero attached hydrogens (tertiary/aromatic N) is 3. The molecule has 0 bridgehead atoms. The number of amides is 2. The molecule has 8 heteroatoms. The van der Waals surface area contributed by atoms with Gasteiger partial charge in [-0.25, -0.2) is 4.39 Å². The first-order valence-electron chi connectivity index (χ1n) is 9.41. The number of anilines is 1. The number of aromatic nitrogens is 2. The van der Waals surface area contributed by atoms with Gasteiger partial charge in [0.15, 0.2) is 5.69 Å². The van der Waals surface area contributed by atoms with Crippen LogP contribution in [-0.2, 0) is 4.79 Å². The van der Waals surface area contributed by atoms with Gasteiger partial charge in [-0.3, -0.25) is 14.5 Å². The van der Waals surface area contributed by atoms with Crippen molar-refractivity contribution in [1.29, 1.82) is 0 Å². The van der Waals surface area contributed by atoms with Crippen molar-refractivity contribution in [3.63, 3.8) is 0 Å². The van der Waals surface area contributed by atoms with Gasteiger partial charge in [-0.15, -0.1) is 5.10 Å². The lowest BCUT2D eigenvalue weighted by atomic mass is 9.99. The number of carbonyl (C=O) groups excluding carboxylic acids is 2. The first-order chi connectivity index (χ1) is 14.2. The van der Waals surface area contributed by atoms with E-state index < -0.39 is 29.2 Å². The van der Waals surface area contributed by atoms with Gasteiger partial charge >= 0.3 is 0 Å². The van der Waals surface area contributed by atoms with E-state index >= 15 is 0 Å². The molecule has 0 fully saturated rings. The summed E-state index contributed by atoms with van der Waals surface area (Å²) in [6.45, 7) is 7.46. The lowest BCUT2D eigenvalue weighted by Crippen LogP contribution is -2.49. The molecule has 6 nitrogen and oxygen atoms in total. The zero-order chi connectivity index (χ0) is 21.9. The van der Waals surface area contributed by atoms with Gasteiger partial charge in [-0.05, 0) is 56.9 Å². The van der Waals surface area contributed by atoms with Crippen LogP contribution in [0.25, 0.3) is 0 Å². The summed E-state index contributed by atoms with van der Waals surface area (Å²) in [4.78, 5) is 27.9. The van der Waals surface area contributed by atoms with Crippen molar-refractivity contribution in [1.82, 2.24) is 14.9 Å². The van der Waals surface area contributed by atoms with Gasteiger partial charge < -0.3 is 5.32 Å². The summed E-state index contributed by atoms with van der Waals surface area (Å²) in [6, 6.07) is 12.0. The topological polar surface area (TPSA) is 75.2 Å². The van der Waals surface area contributed by atoms with Crippen LogP contribution >= 0.6 is 11.5 Å². The van der Waals surface area contributed by atoms with Crippen LogP contribution in [0.3, 0.4) is 0 Å². The van der Waals surface area contributed by atoms with Crippen LogP contribution < -0.4 is 10.2 Å². The predicted molar refractivity (Wildman–Crippen MR) is 115 cm³/mol. The molecule has 1 atom stereocenters. The zero-order valence-electron chi connectivity index (χ0n) is 17.2. The Labute approximate surface area is 178 Å². The second-order valence-electron chi connectivity index (χ2n) is 7.97. The van der Waals surface area contributed by atoms with E-state index in [1.807, 2.05) is 39.8 Å². The van der Waals surface area contributed by atoms with Crippen molar-refractivity contribution >= 4 is 29.0 Å². The first kappa shape index (κ1) is 21.6. The van der Waals surface area contributed by atoms with Crippen LogP contribution in [0.15, 0.2) is 53.9 Å². The molecule has 0 aliphatic carbocycles. The van der Waals surface area contributed by atoms with E-state index in [0.29, 0.717) is 5.56 Å². The van der Waals surface area contributed by atoms with Crippen LogP contribution in [0, 0.1) is 12.7 Å². The SMILES string of the molecule is Cc1ccc(C(C(=O)NC(C)(C)C)N(C(=O)c2csnn2)c2ccccc2F)cc1. The first-order valence-corrected chi connectivity index (χ1v) is 10.2. The van der Waals surface area contributed by atoms with Gasteiger partial charge in [0, 0.05) is 10.9 Å². The highest BCUT2D eigenvalue weighted by atomic mass is 32.1. The molecule has 0 saturated heterocycles. The highest BCUT2D eigenvalue weighted by Crippen LogP contribution is 2.32. The highest BCUT2D eigenvalue weighted by molar-refractivity contribution is 7.03. The van der Waals surface area contributed by atoms with Gasteiger partial charge in [0.2, 0.25) is 5.91 Å². The maximum atomic E-state index is 14.8. The molecule has 0 radical (unpaired) electrons. The number of carbonyl (C=O) groups is 2. The molecule has 1 aromatic heterocycles. The largest absolute Gasteiger partial charge is 0.349 e. The van der Waals surface area contributed by atoms with Crippen molar-refractivity contribution in [2.45, 2.75) is 39.3 Å². The summed E-state index contributed by atoms with van der Waals surface area (Å²) in [5, 5.41) is 8.23. The highest BCUT2D eigenvalue weighted by Gasteiger charge is 2.36. The molecule has 0 aliphatic heterocycles. The molecule has 1 heterocycles. The van der Waals surface area contributed by atoms with E-state index in [9.17, 15) is 14.0 Å². The number of para-hydroxylation sites is 1. The fourth-order valence-corrected chi connectivity index (χ4v) is 3.43. The van der Waals surface area contributed by atoms with Crippen molar-refractivity contribution < 1.29 is 14.0 Å². The van der Waals surface area contributed by atoms with E-state index in [2.05, 4.69) is 14.9 Å². The molecular formula is C22H23FN4O2S. The van der Waals surface area contributed by atoms with Crippen molar-refractivity contribution in [3.05, 3.63) is 76.5 Å². The zero-order valence-corrected chi connectivity index (χ0v) is 18.0. The van der Waals surface area contributed by atoms with Gasteiger partial charge in [0.05, 0.1) is 5.69 Å². The van der Waals surface area contributed by atoms with Crippen LogP contribution in [0.1, 0.15) is 48.4 Å². The summed E-state index contributed by atoms with van der Waals surface area (Å²) in [5.41, 5.74) is 1.05. The van der Waals surface area contributed by atoms with E-state index in [4.69, 9.17) is 0 Å². The van der Waals surface area contributed by atoms with Crippen LogP contribution in [0.2, 0.25) is 0 Å². The summed E-state index contributed by atoms with van der Waals surface area (Å²) < 4.78 is 18.6. The third-order valence-electron chi connectivity index (χ3n) is 4.31. The summed E-state index contributed by atoms with van der Waals surface area (Å²) in [7, 11) is 0. The van der Waals surface area contributed by atoms with Gasteiger partial charge in [0.25, 0.3) is 5.91 Å². The van der Waals surface area contributed by atoms with Crippen LogP contribution in [0.5, 0.6) is 0 Å². The van der Waals surface area contributed by atoms with Crippen LogP contribution in [-0.4, -0.2) is 26.9 Å². The van der Waals surface area contributed by atoms with Gasteiger partial charge in [-0.1, -0.05) is 46.4 Å². The third-order valence-corrected chi connectivity index (χ3v) is 4.81. The number of hydrogen-bond donors (Lipinski definition) is 1. The van der Waals surface area contributed by atoms with Gasteiger partial charge in [0.1, 0.15) is 11.9 Å².